The van der Waals surface area contributed by atoms with Gasteiger partial charge in [0.15, 0.2) is 0 Å². The second-order valence-electron chi connectivity index (χ2n) is 1.36. The Morgan fingerprint density at radius 1 is 1.67 bits per heavy atom. The van der Waals surface area contributed by atoms with Crippen molar-refractivity contribution in [1.82, 2.24) is 0 Å². The van der Waals surface area contributed by atoms with Crippen LogP contribution in [0.4, 0.5) is 0 Å². The van der Waals surface area contributed by atoms with Gasteiger partial charge in [0, 0.05) is 0 Å². The zero-order chi connectivity index (χ0) is 4.83. The summed E-state index contributed by atoms with van der Waals surface area (Å²) in [6.07, 6.45) is 4.68. The molecule has 0 atom stereocenters. The molecule has 0 spiro atoms. The van der Waals surface area contributed by atoms with Gasteiger partial charge in [0.2, 0.25) is 0 Å². The molecule has 0 aromatic rings. The molecular weight excluding hydrogens is 70.9 g/mol. The Kier molecular flexibility index (Phi) is 4.65. The van der Waals surface area contributed by atoms with E-state index in [1.807, 2.05) is 0 Å². The summed E-state index contributed by atoms with van der Waals surface area (Å²) in [5, 5.41) is 0. The van der Waals surface area contributed by atoms with Crippen LogP contribution in [0.25, 0.3) is 0 Å². The summed E-state index contributed by atoms with van der Waals surface area (Å²) in [7, 11) is 2.05. The lowest BCUT2D eigenvalue weighted by Crippen LogP contribution is -1.58. The van der Waals surface area contributed by atoms with Gasteiger partial charge in [0.1, 0.15) is 7.85 Å². The molecule has 0 N–H and O–H groups in total. The van der Waals surface area contributed by atoms with Gasteiger partial charge in [0.25, 0.3) is 0 Å². The molecule has 0 saturated carbocycles. The minimum absolute atomic E-state index is 1.23. The van der Waals surface area contributed by atoms with Crippen molar-refractivity contribution in [2.45, 2.75) is 19.8 Å². The number of rotatable bonds is 2. The average molecular weight is 82.0 g/mol. The molecule has 0 nitrogen and oxygen atoms in total. The molecule has 0 rings (SSSR count). The van der Waals surface area contributed by atoms with E-state index in [9.17, 15) is 0 Å². The molecular formula is C5H11B. The molecule has 0 aliphatic rings. The monoisotopic (exact) mass is 82.1 g/mol. The minimum Gasteiger partial charge on any atom is -0.128 e. The summed E-state index contributed by atoms with van der Waals surface area (Å²) in [6, 6.07) is 0. The normalized spacial score (nSPS) is 10.2. The summed E-state index contributed by atoms with van der Waals surface area (Å²) < 4.78 is 0. The van der Waals surface area contributed by atoms with Crippen molar-refractivity contribution < 1.29 is 0 Å². The molecule has 0 fully saturated rings. The molecule has 34 valence electrons. The smallest absolute Gasteiger partial charge is 0.128 e. The van der Waals surface area contributed by atoms with Gasteiger partial charge < -0.3 is 0 Å². The number of hydrogen-bond donors (Lipinski definition) is 0. The van der Waals surface area contributed by atoms with Crippen LogP contribution in [0.1, 0.15) is 19.8 Å². The van der Waals surface area contributed by atoms with E-state index >= 15 is 0 Å². The van der Waals surface area contributed by atoms with Crippen LogP contribution in [-0.2, 0) is 0 Å². The van der Waals surface area contributed by atoms with E-state index in [0.29, 0.717) is 0 Å². The lowest BCUT2D eigenvalue weighted by molar-refractivity contribution is 0.960. The molecule has 0 unspecified atom stereocenters. The van der Waals surface area contributed by atoms with Crippen LogP contribution in [0.15, 0.2) is 12.1 Å². The molecule has 0 radical (unpaired) electrons. The van der Waals surface area contributed by atoms with Gasteiger partial charge in [-0.1, -0.05) is 19.4 Å². The molecule has 1 heteroatoms. The lowest BCUT2D eigenvalue weighted by Gasteiger charge is -1.76. The predicted molar refractivity (Wildman–Crippen MR) is 32.6 cm³/mol. The molecule has 0 saturated heterocycles. The second kappa shape index (κ2) is 4.80. The van der Waals surface area contributed by atoms with Gasteiger partial charge in [-0.15, -0.1) is 5.98 Å². The highest BCUT2D eigenvalue weighted by atomic mass is 13.7. The topological polar surface area (TPSA) is 0 Å². The molecule has 0 aliphatic heterocycles. The van der Waals surface area contributed by atoms with Crippen LogP contribution in [-0.4, -0.2) is 7.85 Å². The standard InChI is InChI=1S/C5H11B/c1-2-3-4-5-6/h4-5H,2-3,6H2,1H3/b5-4-. The Balaban J connectivity index is 2.66. The fourth-order valence-electron chi connectivity index (χ4n) is 0.333. The first-order chi connectivity index (χ1) is 2.91. The van der Waals surface area contributed by atoms with Crippen molar-refractivity contribution in [3.8, 4) is 0 Å². The Hall–Kier alpha value is -0.195. The predicted octanol–water partition coefficient (Wildman–Crippen LogP) is 0.933. The molecule has 6 heavy (non-hydrogen) atoms. The molecule has 0 heterocycles. The van der Waals surface area contributed by atoms with E-state index in [2.05, 4.69) is 26.8 Å². The van der Waals surface area contributed by atoms with Gasteiger partial charge in [-0.25, -0.2) is 0 Å². The maximum absolute atomic E-state index is 2.18. The van der Waals surface area contributed by atoms with Crippen LogP contribution < -0.4 is 0 Å². The third kappa shape index (κ3) is 3.80. The van der Waals surface area contributed by atoms with E-state index in [-0.39, 0.29) is 0 Å². The van der Waals surface area contributed by atoms with Crippen LogP contribution in [0.3, 0.4) is 0 Å². The highest BCUT2D eigenvalue weighted by Gasteiger charge is 1.64. The van der Waals surface area contributed by atoms with Crippen LogP contribution in [0.5, 0.6) is 0 Å². The maximum atomic E-state index is 2.18. The van der Waals surface area contributed by atoms with E-state index in [0.717, 1.165) is 0 Å². The molecule has 0 aliphatic carbocycles. The van der Waals surface area contributed by atoms with Crippen LogP contribution in [0.2, 0.25) is 0 Å². The van der Waals surface area contributed by atoms with Gasteiger partial charge in [-0.05, 0) is 6.42 Å². The molecule has 0 aromatic carbocycles. The van der Waals surface area contributed by atoms with E-state index in [4.69, 9.17) is 0 Å². The Morgan fingerprint density at radius 2 is 2.33 bits per heavy atom. The van der Waals surface area contributed by atoms with Crippen molar-refractivity contribution in [3.05, 3.63) is 12.1 Å². The van der Waals surface area contributed by atoms with Crippen molar-refractivity contribution in [2.75, 3.05) is 0 Å². The lowest BCUT2D eigenvalue weighted by atomic mass is 10.1. The second-order valence-corrected chi connectivity index (χ2v) is 1.36. The summed E-state index contributed by atoms with van der Waals surface area (Å²) >= 11 is 0. The molecule has 0 aromatic heterocycles. The first kappa shape index (κ1) is 5.80. The number of unbranched alkanes of at least 4 members (excludes halogenated alkanes) is 1. The summed E-state index contributed by atoms with van der Waals surface area (Å²) in [4.78, 5) is 0. The van der Waals surface area contributed by atoms with Crippen LogP contribution >= 0.6 is 0 Å². The summed E-state index contributed by atoms with van der Waals surface area (Å²) in [6.45, 7) is 2.18. The first-order valence-electron chi connectivity index (χ1n) is 2.53. The van der Waals surface area contributed by atoms with Gasteiger partial charge >= 0.3 is 0 Å². The van der Waals surface area contributed by atoms with E-state index in [1.54, 1.807) is 0 Å². The summed E-state index contributed by atoms with van der Waals surface area (Å²) in [5.74, 6) is 2.09. The van der Waals surface area contributed by atoms with Gasteiger partial charge in [-0.3, -0.25) is 0 Å². The van der Waals surface area contributed by atoms with Crippen molar-refractivity contribution >= 4 is 7.85 Å². The Morgan fingerprint density at radius 3 is 2.50 bits per heavy atom. The Labute approximate surface area is 40.7 Å². The van der Waals surface area contributed by atoms with Crippen molar-refractivity contribution in [3.63, 3.8) is 0 Å². The van der Waals surface area contributed by atoms with Crippen LogP contribution in [0, 0.1) is 0 Å². The summed E-state index contributed by atoms with van der Waals surface area (Å²) in [5.41, 5.74) is 0. The van der Waals surface area contributed by atoms with Gasteiger partial charge in [0.05, 0.1) is 0 Å². The van der Waals surface area contributed by atoms with Crippen molar-refractivity contribution in [1.29, 1.82) is 0 Å². The Bertz CT molecular complexity index is 39.2. The zero-order valence-electron chi connectivity index (χ0n) is 4.57. The molecule has 0 amide bonds. The van der Waals surface area contributed by atoms with Gasteiger partial charge in [-0.2, -0.15) is 0 Å². The first-order valence-corrected chi connectivity index (χ1v) is 2.53. The van der Waals surface area contributed by atoms with Crippen molar-refractivity contribution in [2.24, 2.45) is 0 Å². The minimum atomic E-state index is 1.23. The SMILES string of the molecule is B/C=C\CCC. The third-order valence-corrected chi connectivity index (χ3v) is 0.691. The maximum Gasteiger partial charge on any atom is 0.129 e. The number of hydrogen-bond acceptors (Lipinski definition) is 0. The van der Waals surface area contributed by atoms with E-state index < -0.39 is 0 Å². The quantitative estimate of drug-likeness (QED) is 0.434. The fourth-order valence-corrected chi connectivity index (χ4v) is 0.333. The fraction of sp³-hybridized carbons (Fsp3) is 0.600. The third-order valence-electron chi connectivity index (χ3n) is 0.691. The highest BCUT2D eigenvalue weighted by molar-refractivity contribution is 6.16. The number of allylic oxidation sites excluding steroid dienone is 1. The van der Waals surface area contributed by atoms with E-state index in [1.165, 1.54) is 12.8 Å². The largest absolute Gasteiger partial charge is 0.129 e. The average Bonchev–Trinajstić information content (AvgIpc) is 1.61. The zero-order valence-corrected chi connectivity index (χ0v) is 4.57. The highest BCUT2D eigenvalue weighted by Crippen LogP contribution is 1.84. The molecule has 0 bridgehead atoms.